The van der Waals surface area contributed by atoms with Crippen LogP contribution in [0.25, 0.3) is 0 Å². The standard InChI is InChI=1S/C48H85N3O8/c1-27(2)32-17-33(28(3)4)19-34(18-32)57-42(53)48(43(54)58-36-21-39(30(7)8)50-46(13,14)24-36,44(55)59-37-22-40(31(9)10)51-47(15,16)25-37)26-41(52)56-35-20-38(29(5)6)49-45(11,12)23-35/h27-40,49-51H,17-26H2,1-16H3. The molecule has 11 nitrogen and oxygen atoms in total. The molecule has 1 aliphatic carbocycles. The predicted molar refractivity (Wildman–Crippen MR) is 232 cm³/mol. The third-order valence-electron chi connectivity index (χ3n) is 14.1. The molecule has 8 unspecified atom stereocenters. The summed E-state index contributed by atoms with van der Waals surface area (Å²) >= 11 is 0. The quantitative estimate of drug-likeness (QED) is 0.0885. The van der Waals surface area contributed by atoms with E-state index in [0.717, 1.165) is 6.42 Å². The monoisotopic (exact) mass is 832 g/mol. The number of nitrogens with one attached hydrogen (secondary N) is 3. The second kappa shape index (κ2) is 19.4. The SMILES string of the molecule is CC(C)C1CC(OC(=O)C(CC(=O)OC2CC(C(C)C)NC(C)(C)C2)(C(=O)OC2CC(C(C)C)NC(C)(C)C2)C(=O)OC2CC(C(C)C)NC(C)(C)C2)CC(C(C)C)C1. The number of hydrogen-bond acceptors (Lipinski definition) is 11. The summed E-state index contributed by atoms with van der Waals surface area (Å²) in [6, 6.07) is 0.143. The van der Waals surface area contributed by atoms with Gasteiger partial charge in [-0.15, -0.1) is 0 Å². The van der Waals surface area contributed by atoms with E-state index in [1.165, 1.54) is 0 Å². The Hall–Kier alpha value is -2.24. The van der Waals surface area contributed by atoms with E-state index in [4.69, 9.17) is 18.9 Å². The van der Waals surface area contributed by atoms with Gasteiger partial charge in [0.15, 0.2) is 0 Å². The molecule has 4 rings (SSSR count). The lowest BCUT2D eigenvalue weighted by molar-refractivity contribution is -0.199. The molecule has 0 spiro atoms. The van der Waals surface area contributed by atoms with Crippen molar-refractivity contribution in [1.29, 1.82) is 0 Å². The average molecular weight is 832 g/mol. The molecule has 0 aromatic carbocycles. The lowest BCUT2D eigenvalue weighted by Gasteiger charge is -2.44. The number of ether oxygens (including phenoxy) is 4. The van der Waals surface area contributed by atoms with Crippen molar-refractivity contribution in [3.63, 3.8) is 0 Å². The van der Waals surface area contributed by atoms with Gasteiger partial charge in [0, 0.05) is 73.3 Å². The largest absolute Gasteiger partial charge is 0.462 e. The second-order valence-corrected chi connectivity index (χ2v) is 22.9. The lowest BCUT2D eigenvalue weighted by Crippen LogP contribution is -2.59. The summed E-state index contributed by atoms with van der Waals surface area (Å²) in [6.07, 6.45) is 2.09. The van der Waals surface area contributed by atoms with E-state index in [1.54, 1.807) is 0 Å². The van der Waals surface area contributed by atoms with Crippen LogP contribution in [0.15, 0.2) is 0 Å². The van der Waals surface area contributed by atoms with Crippen molar-refractivity contribution in [3.05, 3.63) is 0 Å². The van der Waals surface area contributed by atoms with Gasteiger partial charge in [-0.1, -0.05) is 69.2 Å². The van der Waals surface area contributed by atoms with Crippen LogP contribution in [-0.4, -0.2) is 83.0 Å². The molecule has 8 atom stereocenters. The van der Waals surface area contributed by atoms with E-state index < -0.39 is 60.1 Å². The molecule has 11 heteroatoms. The molecule has 59 heavy (non-hydrogen) atoms. The molecule has 0 bridgehead atoms. The van der Waals surface area contributed by atoms with Gasteiger partial charge in [0.2, 0.25) is 0 Å². The molecule has 4 aliphatic rings. The molecule has 1 saturated carbocycles. The molecule has 3 heterocycles. The number of esters is 4. The van der Waals surface area contributed by atoms with Crippen molar-refractivity contribution in [2.75, 3.05) is 0 Å². The van der Waals surface area contributed by atoms with Crippen molar-refractivity contribution >= 4 is 23.9 Å². The number of rotatable bonds is 14. The molecular weight excluding hydrogens is 747 g/mol. The summed E-state index contributed by atoms with van der Waals surface area (Å²) in [5.74, 6) is -2.04. The molecule has 340 valence electrons. The van der Waals surface area contributed by atoms with Gasteiger partial charge in [0.05, 0.1) is 6.42 Å². The van der Waals surface area contributed by atoms with Gasteiger partial charge < -0.3 is 34.9 Å². The highest BCUT2D eigenvalue weighted by Crippen LogP contribution is 2.42. The Bertz CT molecular complexity index is 1380. The van der Waals surface area contributed by atoms with Crippen molar-refractivity contribution < 1.29 is 38.1 Å². The minimum atomic E-state index is -2.72. The predicted octanol–water partition coefficient (Wildman–Crippen LogP) is 8.30. The van der Waals surface area contributed by atoms with Gasteiger partial charge in [-0.05, 0) is 102 Å². The third kappa shape index (κ3) is 13.1. The van der Waals surface area contributed by atoms with Crippen LogP contribution in [0.3, 0.4) is 0 Å². The van der Waals surface area contributed by atoms with Gasteiger partial charge in [0.1, 0.15) is 24.4 Å². The van der Waals surface area contributed by atoms with Gasteiger partial charge >= 0.3 is 23.9 Å². The van der Waals surface area contributed by atoms with Crippen LogP contribution in [-0.2, 0) is 38.1 Å². The Morgan fingerprint density at radius 1 is 0.458 bits per heavy atom. The topological polar surface area (TPSA) is 141 Å². The maximum absolute atomic E-state index is 15.3. The molecular formula is C48H85N3O8. The fourth-order valence-corrected chi connectivity index (χ4v) is 10.5. The molecule has 4 fully saturated rings. The first kappa shape index (κ1) is 49.4. The summed E-state index contributed by atoms with van der Waals surface area (Å²) in [4.78, 5) is 60.2. The van der Waals surface area contributed by atoms with Crippen LogP contribution in [0.1, 0.15) is 175 Å². The smallest absolute Gasteiger partial charge is 0.336 e. The highest BCUT2D eigenvalue weighted by atomic mass is 16.6. The number of carbonyl (C=O) groups excluding carboxylic acids is 4. The van der Waals surface area contributed by atoms with Gasteiger partial charge in [-0.2, -0.15) is 0 Å². The van der Waals surface area contributed by atoms with Crippen LogP contribution in [0.4, 0.5) is 0 Å². The first-order valence-electron chi connectivity index (χ1n) is 23.3. The highest BCUT2D eigenvalue weighted by molar-refractivity contribution is 6.20. The molecule has 0 aromatic heterocycles. The van der Waals surface area contributed by atoms with E-state index in [1.807, 2.05) is 0 Å². The first-order valence-corrected chi connectivity index (χ1v) is 23.3. The number of piperidine rings is 3. The Morgan fingerprint density at radius 3 is 1.07 bits per heavy atom. The molecule has 3 N–H and O–H groups in total. The summed E-state index contributed by atoms with van der Waals surface area (Å²) in [6.45, 7) is 33.8. The number of carbonyl (C=O) groups is 4. The Morgan fingerprint density at radius 2 is 0.763 bits per heavy atom. The zero-order valence-electron chi connectivity index (χ0n) is 39.9. The van der Waals surface area contributed by atoms with E-state index in [2.05, 4.69) is 127 Å². The van der Waals surface area contributed by atoms with Crippen LogP contribution >= 0.6 is 0 Å². The fourth-order valence-electron chi connectivity index (χ4n) is 10.5. The van der Waals surface area contributed by atoms with Crippen LogP contribution in [0.5, 0.6) is 0 Å². The van der Waals surface area contributed by atoms with Crippen molar-refractivity contribution in [1.82, 2.24) is 16.0 Å². The van der Waals surface area contributed by atoms with Crippen LogP contribution < -0.4 is 16.0 Å². The zero-order chi connectivity index (χ0) is 44.4. The second-order valence-electron chi connectivity index (χ2n) is 22.9. The minimum absolute atomic E-state index is 0.0279. The maximum atomic E-state index is 15.3. The van der Waals surface area contributed by atoms with Crippen molar-refractivity contribution in [2.24, 2.45) is 46.8 Å². The first-order chi connectivity index (χ1) is 27.1. The molecule has 0 radical (unpaired) electrons. The van der Waals surface area contributed by atoms with Crippen molar-refractivity contribution in [3.8, 4) is 0 Å². The molecule has 0 amide bonds. The minimum Gasteiger partial charge on any atom is -0.462 e. The molecule has 3 saturated heterocycles. The third-order valence-corrected chi connectivity index (χ3v) is 14.1. The Labute approximate surface area is 358 Å². The van der Waals surface area contributed by atoms with Crippen LogP contribution in [0.2, 0.25) is 0 Å². The summed E-state index contributed by atoms with van der Waals surface area (Å²) < 4.78 is 25.4. The van der Waals surface area contributed by atoms with Crippen molar-refractivity contribution in [2.45, 2.75) is 234 Å². The van der Waals surface area contributed by atoms with E-state index >= 15 is 14.4 Å². The molecule has 3 aliphatic heterocycles. The van der Waals surface area contributed by atoms with Gasteiger partial charge in [-0.3, -0.25) is 19.2 Å². The molecule has 0 aromatic rings. The van der Waals surface area contributed by atoms with Gasteiger partial charge in [0.25, 0.3) is 5.41 Å². The summed E-state index contributed by atoms with van der Waals surface area (Å²) in [5.41, 5.74) is -3.82. The van der Waals surface area contributed by atoms with E-state index in [0.29, 0.717) is 75.0 Å². The number of hydrogen-bond donors (Lipinski definition) is 3. The van der Waals surface area contributed by atoms with E-state index in [9.17, 15) is 4.79 Å². The van der Waals surface area contributed by atoms with E-state index in [-0.39, 0.29) is 52.5 Å². The average Bonchev–Trinajstić information content (AvgIpc) is 3.07. The normalized spacial score (nSPS) is 33.1. The maximum Gasteiger partial charge on any atom is 0.336 e. The lowest BCUT2D eigenvalue weighted by atomic mass is 9.71. The Kier molecular flexibility index (Phi) is 16.3. The Balaban J connectivity index is 1.80. The van der Waals surface area contributed by atoms with Gasteiger partial charge in [-0.25, -0.2) is 0 Å². The fraction of sp³-hybridized carbons (Fsp3) is 0.917. The highest BCUT2D eigenvalue weighted by Gasteiger charge is 2.62. The summed E-state index contributed by atoms with van der Waals surface area (Å²) in [7, 11) is 0. The summed E-state index contributed by atoms with van der Waals surface area (Å²) in [5, 5.41) is 11.0. The zero-order valence-corrected chi connectivity index (χ0v) is 39.9. The van der Waals surface area contributed by atoms with Crippen LogP contribution in [0, 0.1) is 46.8 Å².